The largest absolute Gasteiger partial charge is 0.325 e. The summed E-state index contributed by atoms with van der Waals surface area (Å²) in [7, 11) is 0. The Balaban J connectivity index is 1.84. The lowest BCUT2D eigenvalue weighted by atomic mass is 9.94. The van der Waals surface area contributed by atoms with Gasteiger partial charge >= 0.3 is 0 Å². The Morgan fingerprint density at radius 2 is 1.36 bits per heavy atom. The van der Waals surface area contributed by atoms with Crippen LogP contribution in [0.15, 0.2) is 49.1 Å². The summed E-state index contributed by atoms with van der Waals surface area (Å²) in [4.78, 5) is 14.0. The van der Waals surface area contributed by atoms with Gasteiger partial charge in [0.2, 0.25) is 0 Å². The lowest BCUT2D eigenvalue weighted by molar-refractivity contribution is 0.811. The van der Waals surface area contributed by atoms with Crippen LogP contribution in [0.1, 0.15) is 27.8 Å². The molecule has 4 nitrogen and oxygen atoms in total. The van der Waals surface area contributed by atoms with E-state index in [2.05, 4.69) is 60.4 Å². The zero-order chi connectivity index (χ0) is 19.4. The van der Waals surface area contributed by atoms with Crippen LogP contribution in [0.2, 0.25) is 0 Å². The standard InChI is InChI=1S/C24H22N4/c1-14-11-15(2)17(4)20(16(14)3)12-28-13-27-23-18-7-5-9-25-21(18)22-19(24(23)28)8-6-10-26-22/h5-11,13H,12H2,1-4H3. The summed E-state index contributed by atoms with van der Waals surface area (Å²) in [6.07, 6.45) is 5.61. The molecule has 4 heteroatoms. The van der Waals surface area contributed by atoms with E-state index >= 15 is 0 Å². The maximum Gasteiger partial charge on any atom is 0.0987 e. The van der Waals surface area contributed by atoms with E-state index in [0.717, 1.165) is 39.4 Å². The van der Waals surface area contributed by atoms with Crippen LogP contribution in [0.5, 0.6) is 0 Å². The minimum absolute atomic E-state index is 0.798. The van der Waals surface area contributed by atoms with Gasteiger partial charge in [-0.15, -0.1) is 0 Å². The molecule has 0 aliphatic rings. The molecule has 0 fully saturated rings. The molecule has 2 aromatic carbocycles. The molecule has 0 saturated heterocycles. The highest BCUT2D eigenvalue weighted by Crippen LogP contribution is 2.33. The molecule has 0 spiro atoms. The van der Waals surface area contributed by atoms with E-state index in [1.807, 2.05) is 30.9 Å². The third-order valence-electron chi connectivity index (χ3n) is 6.04. The lowest BCUT2D eigenvalue weighted by Gasteiger charge is -2.17. The first-order valence-corrected chi connectivity index (χ1v) is 9.59. The summed E-state index contributed by atoms with van der Waals surface area (Å²) in [5.74, 6) is 0. The van der Waals surface area contributed by atoms with E-state index in [0.29, 0.717) is 0 Å². The highest BCUT2D eigenvalue weighted by Gasteiger charge is 2.16. The molecular weight excluding hydrogens is 344 g/mol. The molecule has 5 rings (SSSR count). The summed E-state index contributed by atoms with van der Waals surface area (Å²) in [5.41, 5.74) is 10.7. The molecule has 0 bridgehead atoms. The van der Waals surface area contributed by atoms with E-state index in [1.165, 1.54) is 27.8 Å². The fourth-order valence-electron chi connectivity index (χ4n) is 4.26. The van der Waals surface area contributed by atoms with E-state index in [4.69, 9.17) is 4.98 Å². The SMILES string of the molecule is Cc1cc(C)c(C)c(Cn2cnc3c4cccnc4c4ncccc4c32)c1C. The van der Waals surface area contributed by atoms with Gasteiger partial charge in [0.25, 0.3) is 0 Å². The first kappa shape index (κ1) is 16.9. The molecule has 0 saturated carbocycles. The molecule has 0 atom stereocenters. The summed E-state index contributed by atoms with van der Waals surface area (Å²) in [6, 6.07) is 10.4. The minimum atomic E-state index is 0.798. The Hall–Kier alpha value is -3.27. The molecule has 0 unspecified atom stereocenters. The number of aryl methyl sites for hydroxylation is 2. The van der Waals surface area contributed by atoms with Crippen molar-refractivity contribution in [3.05, 3.63) is 76.9 Å². The molecule has 28 heavy (non-hydrogen) atoms. The van der Waals surface area contributed by atoms with Crippen LogP contribution >= 0.6 is 0 Å². The van der Waals surface area contributed by atoms with Crippen LogP contribution in [-0.2, 0) is 6.54 Å². The Labute approximate surface area is 163 Å². The van der Waals surface area contributed by atoms with Gasteiger partial charge in [-0.25, -0.2) is 4.98 Å². The van der Waals surface area contributed by atoms with Gasteiger partial charge in [-0.05, 0) is 79.8 Å². The smallest absolute Gasteiger partial charge is 0.0987 e. The van der Waals surface area contributed by atoms with Crippen LogP contribution in [0.25, 0.3) is 32.8 Å². The molecule has 5 aromatic rings. The first-order chi connectivity index (χ1) is 13.6. The fraction of sp³-hybridized carbons (Fsp3) is 0.208. The van der Waals surface area contributed by atoms with Gasteiger partial charge in [0, 0.05) is 29.7 Å². The highest BCUT2D eigenvalue weighted by molar-refractivity contribution is 6.20. The number of aromatic nitrogens is 4. The zero-order valence-corrected chi connectivity index (χ0v) is 16.6. The summed E-state index contributed by atoms with van der Waals surface area (Å²) < 4.78 is 2.26. The maximum absolute atomic E-state index is 4.79. The Morgan fingerprint density at radius 1 is 0.750 bits per heavy atom. The molecule has 0 radical (unpaired) electrons. The lowest BCUT2D eigenvalue weighted by Crippen LogP contribution is -2.06. The second-order valence-electron chi connectivity index (χ2n) is 7.61. The predicted molar refractivity (Wildman–Crippen MR) is 115 cm³/mol. The van der Waals surface area contributed by atoms with Gasteiger partial charge in [-0.3, -0.25) is 9.97 Å². The van der Waals surface area contributed by atoms with E-state index < -0.39 is 0 Å². The number of nitrogens with zero attached hydrogens (tertiary/aromatic N) is 4. The van der Waals surface area contributed by atoms with Crippen molar-refractivity contribution < 1.29 is 0 Å². The van der Waals surface area contributed by atoms with Crippen molar-refractivity contribution in [3.63, 3.8) is 0 Å². The highest BCUT2D eigenvalue weighted by atomic mass is 15.0. The summed E-state index contributed by atoms with van der Waals surface area (Å²) >= 11 is 0. The summed E-state index contributed by atoms with van der Waals surface area (Å²) in [6.45, 7) is 9.61. The van der Waals surface area contributed by atoms with Gasteiger partial charge in [0.15, 0.2) is 0 Å². The van der Waals surface area contributed by atoms with E-state index in [1.54, 1.807) is 0 Å². The second kappa shape index (κ2) is 6.13. The van der Waals surface area contributed by atoms with Gasteiger partial charge < -0.3 is 4.57 Å². The third-order valence-corrected chi connectivity index (χ3v) is 6.04. The number of rotatable bonds is 2. The zero-order valence-electron chi connectivity index (χ0n) is 16.6. The summed E-state index contributed by atoms with van der Waals surface area (Å²) in [5, 5.41) is 2.15. The molecule has 3 heterocycles. The van der Waals surface area contributed by atoms with Crippen LogP contribution in [0.3, 0.4) is 0 Å². The fourth-order valence-corrected chi connectivity index (χ4v) is 4.26. The van der Waals surface area contributed by atoms with Crippen LogP contribution in [0, 0.1) is 27.7 Å². The maximum atomic E-state index is 4.79. The Kier molecular flexibility index (Phi) is 3.69. The second-order valence-corrected chi connectivity index (χ2v) is 7.61. The molecule has 3 aromatic heterocycles. The minimum Gasteiger partial charge on any atom is -0.325 e. The van der Waals surface area contributed by atoms with Gasteiger partial charge in [-0.1, -0.05) is 6.07 Å². The predicted octanol–water partition coefficient (Wildman–Crippen LogP) is 5.41. The van der Waals surface area contributed by atoms with Crippen molar-refractivity contribution in [2.75, 3.05) is 0 Å². The van der Waals surface area contributed by atoms with Crippen molar-refractivity contribution in [2.45, 2.75) is 34.2 Å². The van der Waals surface area contributed by atoms with Gasteiger partial charge in [0.1, 0.15) is 0 Å². The molecule has 138 valence electrons. The molecular formula is C24H22N4. The van der Waals surface area contributed by atoms with Crippen LogP contribution in [0.4, 0.5) is 0 Å². The van der Waals surface area contributed by atoms with Crippen LogP contribution < -0.4 is 0 Å². The van der Waals surface area contributed by atoms with E-state index in [9.17, 15) is 0 Å². The molecule has 0 amide bonds. The average Bonchev–Trinajstić information content (AvgIpc) is 3.14. The topological polar surface area (TPSA) is 43.6 Å². The van der Waals surface area contributed by atoms with Crippen LogP contribution in [-0.4, -0.2) is 19.5 Å². The number of imidazole rings is 1. The molecule has 0 N–H and O–H groups in total. The molecule has 0 aliphatic heterocycles. The Morgan fingerprint density at radius 3 is 2.04 bits per heavy atom. The van der Waals surface area contributed by atoms with Crippen molar-refractivity contribution in [3.8, 4) is 0 Å². The van der Waals surface area contributed by atoms with Crippen molar-refractivity contribution in [1.82, 2.24) is 19.5 Å². The number of benzene rings is 2. The van der Waals surface area contributed by atoms with Gasteiger partial charge in [0.05, 0.1) is 28.4 Å². The average molecular weight is 366 g/mol. The number of pyridine rings is 2. The quantitative estimate of drug-likeness (QED) is 0.392. The van der Waals surface area contributed by atoms with Crippen molar-refractivity contribution in [2.24, 2.45) is 0 Å². The van der Waals surface area contributed by atoms with Crippen molar-refractivity contribution >= 4 is 32.8 Å². The number of fused-ring (bicyclic) bond motifs is 6. The number of hydrogen-bond donors (Lipinski definition) is 0. The first-order valence-electron chi connectivity index (χ1n) is 9.59. The third kappa shape index (κ3) is 2.34. The van der Waals surface area contributed by atoms with Gasteiger partial charge in [-0.2, -0.15) is 0 Å². The monoisotopic (exact) mass is 366 g/mol. The van der Waals surface area contributed by atoms with Crippen molar-refractivity contribution in [1.29, 1.82) is 0 Å². The normalized spacial score (nSPS) is 11.7. The Bertz CT molecular complexity index is 1350. The number of hydrogen-bond acceptors (Lipinski definition) is 3. The molecule has 0 aliphatic carbocycles. The van der Waals surface area contributed by atoms with E-state index in [-0.39, 0.29) is 0 Å².